The first-order valence-corrected chi connectivity index (χ1v) is 7.12. The van der Waals surface area contributed by atoms with Gasteiger partial charge in [-0.3, -0.25) is 10.1 Å². The highest BCUT2D eigenvalue weighted by molar-refractivity contribution is 5.72. The number of ether oxygens (including phenoxy) is 2. The Morgan fingerprint density at radius 3 is 2.22 bits per heavy atom. The van der Waals surface area contributed by atoms with E-state index in [1.165, 1.54) is 13.2 Å². The van der Waals surface area contributed by atoms with Gasteiger partial charge in [0.05, 0.1) is 19.1 Å². The second-order valence-corrected chi connectivity index (χ2v) is 5.19. The van der Waals surface area contributed by atoms with Crippen LogP contribution in [-0.4, -0.2) is 19.1 Å². The van der Waals surface area contributed by atoms with Crippen LogP contribution < -0.4 is 9.47 Å². The summed E-state index contributed by atoms with van der Waals surface area (Å²) in [6, 6.07) is 8.86. The van der Waals surface area contributed by atoms with Gasteiger partial charge in [-0.25, -0.2) is 0 Å². The van der Waals surface area contributed by atoms with Crippen molar-refractivity contribution in [3.8, 4) is 11.5 Å². The summed E-state index contributed by atoms with van der Waals surface area (Å²) in [7, 11) is 3.06. The second-order valence-electron chi connectivity index (χ2n) is 5.19. The highest BCUT2D eigenvalue weighted by Gasteiger charge is 2.14. The Morgan fingerprint density at radius 2 is 1.61 bits per heavy atom. The van der Waals surface area contributed by atoms with Crippen LogP contribution in [0.5, 0.6) is 11.5 Å². The van der Waals surface area contributed by atoms with E-state index in [-0.39, 0.29) is 11.4 Å². The third kappa shape index (κ3) is 3.69. The van der Waals surface area contributed by atoms with Gasteiger partial charge < -0.3 is 9.47 Å². The molecule has 0 aliphatic carbocycles. The Hall–Kier alpha value is -2.82. The van der Waals surface area contributed by atoms with Gasteiger partial charge in [0.25, 0.3) is 0 Å². The molecule has 2 rings (SSSR count). The van der Waals surface area contributed by atoms with Crippen molar-refractivity contribution in [3.05, 3.63) is 62.7 Å². The molecule has 0 heterocycles. The minimum absolute atomic E-state index is 0.0488. The predicted molar refractivity (Wildman–Crippen MR) is 91.0 cm³/mol. The lowest BCUT2D eigenvalue weighted by Crippen LogP contribution is -1.94. The molecule has 0 aliphatic heterocycles. The largest absolute Gasteiger partial charge is 0.496 e. The first kappa shape index (κ1) is 16.5. The lowest BCUT2D eigenvalue weighted by molar-refractivity contribution is -0.385. The maximum atomic E-state index is 11.1. The number of rotatable bonds is 5. The van der Waals surface area contributed by atoms with Gasteiger partial charge in [-0.2, -0.15) is 0 Å². The molecule has 0 saturated carbocycles. The summed E-state index contributed by atoms with van der Waals surface area (Å²) in [6.07, 6.45) is 3.73. The molecule has 2 aromatic carbocycles. The normalized spacial score (nSPS) is 10.8. The van der Waals surface area contributed by atoms with Crippen LogP contribution in [0.15, 0.2) is 30.3 Å². The fraction of sp³-hybridized carbons (Fsp3) is 0.222. The molecule has 0 saturated heterocycles. The van der Waals surface area contributed by atoms with Crippen molar-refractivity contribution in [2.24, 2.45) is 0 Å². The topological polar surface area (TPSA) is 61.6 Å². The molecule has 0 fully saturated rings. The molecular weight excluding hydrogens is 294 g/mol. The Labute approximate surface area is 135 Å². The number of benzene rings is 2. The van der Waals surface area contributed by atoms with Crippen molar-refractivity contribution in [3.63, 3.8) is 0 Å². The molecule has 0 unspecified atom stereocenters. The first-order chi connectivity index (χ1) is 11.0. The van der Waals surface area contributed by atoms with E-state index in [1.54, 1.807) is 19.2 Å². The van der Waals surface area contributed by atoms with E-state index in [0.29, 0.717) is 0 Å². The minimum Gasteiger partial charge on any atom is -0.496 e. The van der Waals surface area contributed by atoms with E-state index in [4.69, 9.17) is 9.47 Å². The molecule has 23 heavy (non-hydrogen) atoms. The average molecular weight is 313 g/mol. The smallest absolute Gasteiger partial charge is 0.311 e. The highest BCUT2D eigenvalue weighted by Crippen LogP contribution is 2.29. The van der Waals surface area contributed by atoms with Gasteiger partial charge in [0.15, 0.2) is 5.75 Å². The summed E-state index contributed by atoms with van der Waals surface area (Å²) in [6.45, 7) is 4.03. The number of aryl methyl sites for hydroxylation is 1. The van der Waals surface area contributed by atoms with Crippen molar-refractivity contribution >= 4 is 17.8 Å². The van der Waals surface area contributed by atoms with Crippen molar-refractivity contribution in [1.29, 1.82) is 0 Å². The maximum Gasteiger partial charge on any atom is 0.311 e. The lowest BCUT2D eigenvalue weighted by atomic mass is 10.0. The van der Waals surface area contributed by atoms with Crippen LogP contribution in [0.3, 0.4) is 0 Å². The molecule has 0 spiro atoms. The monoisotopic (exact) mass is 313 g/mol. The van der Waals surface area contributed by atoms with E-state index in [0.717, 1.165) is 28.0 Å². The summed E-state index contributed by atoms with van der Waals surface area (Å²) < 4.78 is 10.4. The zero-order chi connectivity index (χ0) is 17.0. The first-order valence-electron chi connectivity index (χ1n) is 7.12. The van der Waals surface area contributed by atoms with E-state index in [2.05, 4.69) is 0 Å². The number of methoxy groups -OCH3 is 2. The molecule has 0 bridgehead atoms. The third-order valence-electron chi connectivity index (χ3n) is 3.73. The van der Waals surface area contributed by atoms with Gasteiger partial charge in [0.1, 0.15) is 5.75 Å². The highest BCUT2D eigenvalue weighted by atomic mass is 16.6. The number of hydrogen-bond donors (Lipinski definition) is 0. The van der Waals surface area contributed by atoms with Crippen molar-refractivity contribution in [2.75, 3.05) is 14.2 Å². The average Bonchev–Trinajstić information content (AvgIpc) is 2.55. The summed E-state index contributed by atoms with van der Waals surface area (Å²) in [5, 5.41) is 11.1. The van der Waals surface area contributed by atoms with Gasteiger partial charge in [-0.05, 0) is 48.2 Å². The van der Waals surface area contributed by atoms with E-state index >= 15 is 0 Å². The second kappa shape index (κ2) is 6.96. The molecule has 0 aliphatic rings. The number of nitrogens with zero attached hydrogens (tertiary/aromatic N) is 1. The molecule has 5 nitrogen and oxygen atoms in total. The Kier molecular flexibility index (Phi) is 5.01. The van der Waals surface area contributed by atoms with E-state index in [9.17, 15) is 10.1 Å². The van der Waals surface area contributed by atoms with Crippen molar-refractivity contribution in [2.45, 2.75) is 13.8 Å². The van der Waals surface area contributed by atoms with Crippen LogP contribution in [0.4, 0.5) is 5.69 Å². The van der Waals surface area contributed by atoms with E-state index < -0.39 is 4.92 Å². The van der Waals surface area contributed by atoms with Crippen LogP contribution in [0, 0.1) is 24.0 Å². The van der Waals surface area contributed by atoms with Gasteiger partial charge in [0.2, 0.25) is 0 Å². The zero-order valence-electron chi connectivity index (χ0n) is 13.6. The molecule has 120 valence electrons. The van der Waals surface area contributed by atoms with Gasteiger partial charge in [-0.1, -0.05) is 24.3 Å². The van der Waals surface area contributed by atoms with Crippen LogP contribution >= 0.6 is 0 Å². The van der Waals surface area contributed by atoms with Gasteiger partial charge in [0, 0.05) is 6.07 Å². The summed E-state index contributed by atoms with van der Waals surface area (Å²) in [5.41, 5.74) is 3.89. The quantitative estimate of drug-likeness (QED) is 0.466. The zero-order valence-corrected chi connectivity index (χ0v) is 13.6. The number of nitro groups is 1. The maximum absolute atomic E-state index is 11.1. The van der Waals surface area contributed by atoms with Crippen LogP contribution in [0.1, 0.15) is 22.3 Å². The van der Waals surface area contributed by atoms with Gasteiger partial charge >= 0.3 is 5.69 Å². The SMILES string of the molecule is COc1ccc(/C=C\c2cc(C)c(C)c(OC)c2)cc1[N+](=O)[O-]. The summed E-state index contributed by atoms with van der Waals surface area (Å²) in [5.74, 6) is 1.07. The van der Waals surface area contributed by atoms with Crippen LogP contribution in [0.2, 0.25) is 0 Å². The minimum atomic E-state index is -0.449. The summed E-state index contributed by atoms with van der Waals surface area (Å²) >= 11 is 0. The van der Waals surface area contributed by atoms with Crippen molar-refractivity contribution < 1.29 is 14.4 Å². The number of nitro benzene ring substituents is 1. The molecule has 0 amide bonds. The fourth-order valence-corrected chi connectivity index (χ4v) is 2.31. The molecule has 5 heteroatoms. The molecule has 0 N–H and O–H groups in total. The lowest BCUT2D eigenvalue weighted by Gasteiger charge is -2.09. The Balaban J connectivity index is 2.35. The fourth-order valence-electron chi connectivity index (χ4n) is 2.31. The van der Waals surface area contributed by atoms with Crippen molar-refractivity contribution in [1.82, 2.24) is 0 Å². The number of hydrogen-bond acceptors (Lipinski definition) is 4. The molecular formula is C18H19NO4. The Morgan fingerprint density at radius 1 is 0.957 bits per heavy atom. The van der Waals surface area contributed by atoms with Crippen LogP contribution in [0.25, 0.3) is 12.2 Å². The van der Waals surface area contributed by atoms with E-state index in [1.807, 2.05) is 38.1 Å². The molecule has 0 atom stereocenters. The standard InChI is InChI=1S/C18H19NO4/c1-12-9-15(11-18(23-4)13(12)2)6-5-14-7-8-17(22-3)16(10-14)19(20)21/h5-11H,1-4H3/b6-5-. The predicted octanol–water partition coefficient (Wildman–Crippen LogP) is 4.40. The molecule has 2 aromatic rings. The summed E-state index contributed by atoms with van der Waals surface area (Å²) in [4.78, 5) is 10.6. The molecule has 0 aromatic heterocycles. The third-order valence-corrected chi connectivity index (χ3v) is 3.73. The Bertz CT molecular complexity index is 766. The van der Waals surface area contributed by atoms with Gasteiger partial charge in [-0.15, -0.1) is 0 Å². The van der Waals surface area contributed by atoms with Crippen LogP contribution in [-0.2, 0) is 0 Å². The molecule has 0 radical (unpaired) electrons.